The Hall–Kier alpha value is -6.13. The Balaban J connectivity index is 0.964. The van der Waals surface area contributed by atoms with Gasteiger partial charge in [-0.1, -0.05) is 117 Å². The fourth-order valence-electron chi connectivity index (χ4n) is 12.6. The third kappa shape index (κ3) is 5.24. The molecule has 4 nitrogen and oxygen atoms in total. The predicted octanol–water partition coefficient (Wildman–Crippen LogP) is 13.5. The van der Waals surface area contributed by atoms with Crippen LogP contribution < -0.4 is 9.80 Å². The molecule has 4 fully saturated rings. The SMILES string of the molecule is CC(C)(c1cccc(N2CN(c3ccccc3)c3ccccc32)c1)c1ccc2c3ccccc3n(-c3cc(C4(c5ccccc5)C5CC6CC(C5)CC4C6)ccn3)c2c1. The summed E-state index contributed by atoms with van der Waals surface area (Å²) in [6.07, 6.45) is 8.96. The molecule has 0 atom stereocenters. The Morgan fingerprint density at radius 1 is 0.508 bits per heavy atom. The van der Waals surface area contributed by atoms with Crippen LogP contribution in [0, 0.1) is 23.7 Å². The Morgan fingerprint density at radius 2 is 1.12 bits per heavy atom. The molecular weight excluding hydrogens is 717 g/mol. The summed E-state index contributed by atoms with van der Waals surface area (Å²) in [5.41, 5.74) is 12.6. The van der Waals surface area contributed by atoms with Gasteiger partial charge in [-0.2, -0.15) is 0 Å². The summed E-state index contributed by atoms with van der Waals surface area (Å²) in [5.74, 6) is 4.16. The molecule has 4 saturated carbocycles. The molecule has 4 bridgehead atoms. The molecule has 2 aromatic heterocycles. The van der Waals surface area contributed by atoms with Gasteiger partial charge < -0.3 is 9.80 Å². The van der Waals surface area contributed by atoms with Gasteiger partial charge in [0.1, 0.15) is 12.5 Å². The van der Waals surface area contributed by atoms with Crippen LogP contribution in [0.3, 0.4) is 0 Å². The molecular formula is C55H50N4. The van der Waals surface area contributed by atoms with Crippen LogP contribution in [0.1, 0.15) is 68.2 Å². The molecule has 0 radical (unpaired) electrons. The highest BCUT2D eigenvalue weighted by molar-refractivity contribution is 6.09. The van der Waals surface area contributed by atoms with Gasteiger partial charge in [0, 0.05) is 39.2 Å². The quantitative estimate of drug-likeness (QED) is 0.161. The second-order valence-corrected chi connectivity index (χ2v) is 18.5. The molecule has 4 aliphatic carbocycles. The van der Waals surface area contributed by atoms with Crippen LogP contribution in [0.25, 0.3) is 27.6 Å². The van der Waals surface area contributed by atoms with Crippen molar-refractivity contribution in [3.8, 4) is 5.82 Å². The van der Waals surface area contributed by atoms with Gasteiger partial charge in [0.25, 0.3) is 0 Å². The van der Waals surface area contributed by atoms with E-state index in [1.165, 1.54) is 98.9 Å². The Morgan fingerprint density at radius 3 is 1.86 bits per heavy atom. The maximum absolute atomic E-state index is 5.22. The predicted molar refractivity (Wildman–Crippen MR) is 243 cm³/mol. The fourth-order valence-corrected chi connectivity index (χ4v) is 12.6. The molecule has 290 valence electrons. The van der Waals surface area contributed by atoms with Crippen molar-refractivity contribution in [1.29, 1.82) is 0 Å². The molecule has 0 spiro atoms. The summed E-state index contributed by atoms with van der Waals surface area (Å²) in [5, 5.41) is 2.53. The lowest BCUT2D eigenvalue weighted by Gasteiger charge is -2.62. The van der Waals surface area contributed by atoms with E-state index in [0.717, 1.165) is 24.3 Å². The summed E-state index contributed by atoms with van der Waals surface area (Å²) in [4.78, 5) is 10.1. The van der Waals surface area contributed by atoms with E-state index in [4.69, 9.17) is 4.98 Å². The number of para-hydroxylation sites is 4. The van der Waals surface area contributed by atoms with Gasteiger partial charge in [-0.3, -0.25) is 4.57 Å². The number of rotatable bonds is 7. The topological polar surface area (TPSA) is 24.3 Å². The minimum atomic E-state index is -0.267. The highest BCUT2D eigenvalue weighted by Crippen LogP contribution is 2.65. The molecule has 8 aromatic rings. The van der Waals surface area contributed by atoms with Crippen LogP contribution in [-0.4, -0.2) is 16.2 Å². The second-order valence-electron chi connectivity index (χ2n) is 18.5. The Labute approximate surface area is 347 Å². The fraction of sp³-hybridized carbons (Fsp3) is 0.255. The molecule has 3 heterocycles. The third-order valence-corrected chi connectivity index (χ3v) is 15.2. The zero-order valence-corrected chi connectivity index (χ0v) is 34.0. The van der Waals surface area contributed by atoms with E-state index in [1.807, 2.05) is 0 Å². The van der Waals surface area contributed by atoms with Gasteiger partial charge in [-0.25, -0.2) is 4.98 Å². The monoisotopic (exact) mass is 766 g/mol. The number of fused-ring (bicyclic) bond motifs is 4. The summed E-state index contributed by atoms with van der Waals surface area (Å²) >= 11 is 0. The van der Waals surface area contributed by atoms with Gasteiger partial charge in [0.2, 0.25) is 0 Å². The van der Waals surface area contributed by atoms with Crippen LogP contribution in [0.15, 0.2) is 170 Å². The van der Waals surface area contributed by atoms with Gasteiger partial charge in [-0.15, -0.1) is 0 Å². The first-order chi connectivity index (χ1) is 29.0. The molecule has 6 aromatic carbocycles. The van der Waals surface area contributed by atoms with Crippen molar-refractivity contribution in [3.63, 3.8) is 0 Å². The number of hydrogen-bond donors (Lipinski definition) is 0. The maximum Gasteiger partial charge on any atom is 0.137 e. The highest BCUT2D eigenvalue weighted by atomic mass is 15.4. The van der Waals surface area contributed by atoms with Gasteiger partial charge in [0.05, 0.1) is 22.4 Å². The van der Waals surface area contributed by atoms with Crippen LogP contribution in [0.5, 0.6) is 0 Å². The van der Waals surface area contributed by atoms with Crippen LogP contribution >= 0.6 is 0 Å². The van der Waals surface area contributed by atoms with Gasteiger partial charge >= 0.3 is 0 Å². The van der Waals surface area contributed by atoms with Gasteiger partial charge in [0.15, 0.2) is 0 Å². The molecule has 13 rings (SSSR count). The van der Waals surface area contributed by atoms with E-state index in [0.29, 0.717) is 11.8 Å². The first-order valence-corrected chi connectivity index (χ1v) is 21.8. The summed E-state index contributed by atoms with van der Waals surface area (Å²) in [6, 6.07) is 61.2. The summed E-state index contributed by atoms with van der Waals surface area (Å²) in [7, 11) is 0. The van der Waals surface area contributed by atoms with E-state index < -0.39 is 0 Å². The highest BCUT2D eigenvalue weighted by Gasteiger charge is 2.58. The van der Waals surface area contributed by atoms with E-state index >= 15 is 0 Å². The number of aromatic nitrogens is 2. The van der Waals surface area contributed by atoms with Gasteiger partial charge in [-0.05, 0) is 139 Å². The van der Waals surface area contributed by atoms with Crippen molar-refractivity contribution in [1.82, 2.24) is 9.55 Å². The van der Waals surface area contributed by atoms with E-state index in [9.17, 15) is 0 Å². The minimum absolute atomic E-state index is 0.0251. The van der Waals surface area contributed by atoms with Crippen LogP contribution in [0.2, 0.25) is 0 Å². The van der Waals surface area contributed by atoms with Crippen molar-refractivity contribution < 1.29 is 0 Å². The molecule has 4 heteroatoms. The first-order valence-electron chi connectivity index (χ1n) is 21.8. The lowest BCUT2D eigenvalue weighted by molar-refractivity contribution is -0.0418. The number of hydrogen-bond acceptors (Lipinski definition) is 3. The third-order valence-electron chi connectivity index (χ3n) is 15.2. The summed E-state index contributed by atoms with van der Waals surface area (Å²) < 4.78 is 2.46. The number of nitrogens with zero attached hydrogens (tertiary/aromatic N) is 4. The van der Waals surface area contributed by atoms with Crippen molar-refractivity contribution in [2.45, 2.75) is 56.8 Å². The second kappa shape index (κ2) is 13.2. The molecule has 0 N–H and O–H groups in total. The lowest BCUT2D eigenvalue weighted by atomic mass is 9.42. The lowest BCUT2D eigenvalue weighted by Crippen LogP contribution is -2.56. The molecule has 59 heavy (non-hydrogen) atoms. The largest absolute Gasteiger partial charge is 0.321 e. The van der Waals surface area contributed by atoms with Crippen molar-refractivity contribution in [3.05, 3.63) is 192 Å². The first kappa shape index (κ1) is 34.9. The maximum atomic E-state index is 5.22. The van der Waals surface area contributed by atoms with E-state index in [-0.39, 0.29) is 10.8 Å². The number of benzene rings is 6. The van der Waals surface area contributed by atoms with Crippen molar-refractivity contribution in [2.24, 2.45) is 23.7 Å². The Bertz CT molecular complexity index is 2840. The normalized spacial score (nSPS) is 23.4. The van der Waals surface area contributed by atoms with Crippen molar-refractivity contribution in [2.75, 3.05) is 16.5 Å². The Kier molecular flexibility index (Phi) is 7.80. The molecule has 1 aliphatic heterocycles. The molecule has 0 amide bonds. The minimum Gasteiger partial charge on any atom is -0.321 e. The van der Waals surface area contributed by atoms with Crippen LogP contribution in [-0.2, 0) is 10.8 Å². The molecule has 5 aliphatic rings. The smallest absolute Gasteiger partial charge is 0.137 e. The zero-order valence-electron chi connectivity index (χ0n) is 34.0. The number of anilines is 4. The molecule has 0 saturated heterocycles. The van der Waals surface area contributed by atoms with E-state index in [2.05, 4.69) is 198 Å². The average Bonchev–Trinajstić information content (AvgIpc) is 3.83. The standard InChI is InChI=1S/C55H50N4/c1-54(2,40-16-13-19-46(33-40)58-36-57(45-17-7-4-8-18-45)50-22-11-12-23-51(50)58)41-24-25-48-47-20-9-10-21-49(47)59(52(48)34-41)53-35-42(26-27-56-53)55(39-14-5-3-6-15-39)43-29-37-28-38(31-43)32-44(55)30-37/h3-27,33-35,37-38,43-44H,28-32,36H2,1-2H3. The zero-order chi connectivity index (χ0) is 39.3. The number of pyridine rings is 1. The molecule has 0 unspecified atom stereocenters. The summed E-state index contributed by atoms with van der Waals surface area (Å²) in [6.45, 7) is 5.52. The van der Waals surface area contributed by atoms with E-state index in [1.54, 1.807) is 0 Å². The van der Waals surface area contributed by atoms with Crippen molar-refractivity contribution >= 4 is 44.6 Å². The van der Waals surface area contributed by atoms with Crippen LogP contribution in [0.4, 0.5) is 22.7 Å². The average molecular weight is 767 g/mol.